The summed E-state index contributed by atoms with van der Waals surface area (Å²) in [6.07, 6.45) is 6.79. The number of rotatable bonds is 5. The van der Waals surface area contributed by atoms with Gasteiger partial charge < -0.3 is 9.88 Å². The van der Waals surface area contributed by atoms with Gasteiger partial charge >= 0.3 is 0 Å². The van der Waals surface area contributed by atoms with E-state index in [0.717, 1.165) is 36.7 Å². The van der Waals surface area contributed by atoms with Gasteiger partial charge in [-0.2, -0.15) is 5.10 Å². The Kier molecular flexibility index (Phi) is 3.46. The molecule has 0 unspecified atom stereocenters. The van der Waals surface area contributed by atoms with Crippen LogP contribution in [0, 0.1) is 0 Å². The zero-order valence-corrected chi connectivity index (χ0v) is 10.6. The molecule has 0 amide bonds. The Morgan fingerprint density at radius 2 is 2.18 bits per heavy atom. The highest BCUT2D eigenvalue weighted by atomic mass is 15.3. The monoisotopic (exact) mass is 233 g/mol. The lowest BCUT2D eigenvalue weighted by molar-refractivity contribution is 0.708. The number of nitrogens with one attached hydrogen (secondary N) is 1. The molecule has 0 aliphatic heterocycles. The van der Waals surface area contributed by atoms with Crippen molar-refractivity contribution in [2.45, 2.75) is 33.4 Å². The van der Waals surface area contributed by atoms with Crippen molar-refractivity contribution in [3.05, 3.63) is 30.1 Å². The summed E-state index contributed by atoms with van der Waals surface area (Å²) >= 11 is 0. The summed E-state index contributed by atoms with van der Waals surface area (Å²) in [6.45, 7) is 5.91. The Morgan fingerprint density at radius 1 is 1.35 bits per heavy atom. The molecule has 0 aromatic carbocycles. The van der Waals surface area contributed by atoms with Gasteiger partial charge in [-0.25, -0.2) is 4.98 Å². The van der Waals surface area contributed by atoms with E-state index in [-0.39, 0.29) is 0 Å². The van der Waals surface area contributed by atoms with E-state index in [2.05, 4.69) is 33.8 Å². The van der Waals surface area contributed by atoms with Crippen molar-refractivity contribution in [3.63, 3.8) is 0 Å². The Bertz CT molecular complexity index is 483. The van der Waals surface area contributed by atoms with Gasteiger partial charge in [0.2, 0.25) is 0 Å². The average molecular weight is 233 g/mol. The predicted octanol–water partition coefficient (Wildman–Crippen LogP) is 1.81. The fourth-order valence-electron chi connectivity index (χ4n) is 1.91. The first-order valence-corrected chi connectivity index (χ1v) is 6.01. The highest BCUT2D eigenvalue weighted by Gasteiger charge is 2.06. The summed E-state index contributed by atoms with van der Waals surface area (Å²) in [5.41, 5.74) is 2.20. The molecule has 17 heavy (non-hydrogen) atoms. The molecule has 0 saturated heterocycles. The standard InChI is InChI=1S/C12H19N5/c1-4-10-11(9-16(3)15-10)14-8-12-13-6-7-17(12)5-2/h6-7,9,14H,4-5,8H2,1-3H3. The zero-order valence-electron chi connectivity index (χ0n) is 10.6. The Morgan fingerprint density at radius 3 is 2.88 bits per heavy atom. The second kappa shape index (κ2) is 5.03. The Hall–Kier alpha value is -1.78. The van der Waals surface area contributed by atoms with Crippen molar-refractivity contribution < 1.29 is 0 Å². The van der Waals surface area contributed by atoms with Crippen LogP contribution in [-0.4, -0.2) is 19.3 Å². The van der Waals surface area contributed by atoms with Gasteiger partial charge in [0, 0.05) is 32.2 Å². The highest BCUT2D eigenvalue weighted by Crippen LogP contribution is 2.14. The van der Waals surface area contributed by atoms with Gasteiger partial charge in [-0.05, 0) is 13.3 Å². The van der Waals surface area contributed by atoms with Crippen molar-refractivity contribution in [1.82, 2.24) is 19.3 Å². The van der Waals surface area contributed by atoms with Gasteiger partial charge in [0.05, 0.1) is 17.9 Å². The van der Waals surface area contributed by atoms with Gasteiger partial charge in [-0.3, -0.25) is 4.68 Å². The van der Waals surface area contributed by atoms with Crippen molar-refractivity contribution >= 4 is 5.69 Å². The zero-order chi connectivity index (χ0) is 12.3. The minimum absolute atomic E-state index is 0.736. The highest BCUT2D eigenvalue weighted by molar-refractivity contribution is 5.46. The van der Waals surface area contributed by atoms with Gasteiger partial charge in [-0.1, -0.05) is 6.92 Å². The van der Waals surface area contributed by atoms with E-state index >= 15 is 0 Å². The lowest BCUT2D eigenvalue weighted by Gasteiger charge is -2.07. The molecule has 92 valence electrons. The number of hydrogen-bond acceptors (Lipinski definition) is 3. The topological polar surface area (TPSA) is 47.7 Å². The molecule has 0 atom stereocenters. The number of aromatic nitrogens is 4. The molecule has 1 N–H and O–H groups in total. The fraction of sp³-hybridized carbons (Fsp3) is 0.500. The number of anilines is 1. The fourth-order valence-corrected chi connectivity index (χ4v) is 1.91. The molecule has 2 rings (SSSR count). The summed E-state index contributed by atoms with van der Waals surface area (Å²) < 4.78 is 3.97. The molecular formula is C12H19N5. The van der Waals surface area contributed by atoms with Crippen molar-refractivity contribution in [2.75, 3.05) is 5.32 Å². The molecule has 0 radical (unpaired) electrons. The third-order valence-corrected chi connectivity index (χ3v) is 2.82. The second-order valence-corrected chi connectivity index (χ2v) is 4.00. The molecule has 0 fully saturated rings. The van der Waals surface area contributed by atoms with Crippen molar-refractivity contribution in [2.24, 2.45) is 7.05 Å². The predicted molar refractivity (Wildman–Crippen MR) is 67.8 cm³/mol. The first kappa shape index (κ1) is 11.7. The number of nitrogens with zero attached hydrogens (tertiary/aromatic N) is 4. The molecule has 2 heterocycles. The van der Waals surface area contributed by atoms with E-state index in [4.69, 9.17) is 0 Å². The molecule has 2 aromatic rings. The maximum atomic E-state index is 4.40. The van der Waals surface area contributed by atoms with Crippen LogP contribution >= 0.6 is 0 Å². The van der Waals surface area contributed by atoms with Crippen LogP contribution in [0.1, 0.15) is 25.4 Å². The van der Waals surface area contributed by atoms with Crippen LogP contribution in [0.2, 0.25) is 0 Å². The first-order chi connectivity index (χ1) is 8.24. The summed E-state index contributed by atoms with van der Waals surface area (Å²) in [5.74, 6) is 1.05. The number of imidazole rings is 1. The van der Waals surface area contributed by atoms with E-state index in [1.165, 1.54) is 0 Å². The first-order valence-electron chi connectivity index (χ1n) is 6.01. The van der Waals surface area contributed by atoms with Crippen molar-refractivity contribution in [3.8, 4) is 0 Å². The molecule has 0 aliphatic rings. The third-order valence-electron chi connectivity index (χ3n) is 2.82. The normalized spacial score (nSPS) is 10.8. The van der Waals surface area contributed by atoms with E-state index in [1.807, 2.05) is 30.3 Å². The van der Waals surface area contributed by atoms with Crippen LogP contribution in [-0.2, 0) is 26.6 Å². The van der Waals surface area contributed by atoms with Crippen LogP contribution in [0.4, 0.5) is 5.69 Å². The molecular weight excluding hydrogens is 214 g/mol. The molecule has 2 aromatic heterocycles. The van der Waals surface area contributed by atoms with Crippen molar-refractivity contribution in [1.29, 1.82) is 0 Å². The molecule has 0 saturated carbocycles. The lowest BCUT2D eigenvalue weighted by atomic mass is 10.3. The van der Waals surface area contributed by atoms with Gasteiger partial charge in [0.25, 0.3) is 0 Å². The van der Waals surface area contributed by atoms with Crippen LogP contribution in [0.5, 0.6) is 0 Å². The molecule has 5 nitrogen and oxygen atoms in total. The molecule has 0 aliphatic carbocycles. The van der Waals surface area contributed by atoms with E-state index < -0.39 is 0 Å². The Labute approximate surface area is 101 Å². The SMILES string of the molecule is CCc1nn(C)cc1NCc1nccn1CC. The maximum absolute atomic E-state index is 4.40. The number of aryl methyl sites for hydroxylation is 3. The smallest absolute Gasteiger partial charge is 0.128 e. The van der Waals surface area contributed by atoms with E-state index in [1.54, 1.807) is 0 Å². The largest absolute Gasteiger partial charge is 0.375 e. The van der Waals surface area contributed by atoms with Gasteiger partial charge in [0.15, 0.2) is 0 Å². The molecule has 0 bridgehead atoms. The Balaban J connectivity index is 2.06. The lowest BCUT2D eigenvalue weighted by Crippen LogP contribution is -2.08. The summed E-state index contributed by atoms with van der Waals surface area (Å²) in [4.78, 5) is 4.34. The summed E-state index contributed by atoms with van der Waals surface area (Å²) in [5, 5.41) is 7.79. The summed E-state index contributed by atoms with van der Waals surface area (Å²) in [6, 6.07) is 0. The van der Waals surface area contributed by atoms with Crippen LogP contribution < -0.4 is 5.32 Å². The van der Waals surface area contributed by atoms with Crippen LogP contribution in [0.3, 0.4) is 0 Å². The number of hydrogen-bond donors (Lipinski definition) is 1. The maximum Gasteiger partial charge on any atom is 0.128 e. The van der Waals surface area contributed by atoms with Gasteiger partial charge in [-0.15, -0.1) is 0 Å². The van der Waals surface area contributed by atoms with Crippen LogP contribution in [0.25, 0.3) is 0 Å². The molecule has 5 heteroatoms. The second-order valence-electron chi connectivity index (χ2n) is 4.00. The van der Waals surface area contributed by atoms with Gasteiger partial charge in [0.1, 0.15) is 5.82 Å². The third kappa shape index (κ3) is 2.49. The average Bonchev–Trinajstić information content (AvgIpc) is 2.91. The quantitative estimate of drug-likeness (QED) is 0.856. The molecule has 0 spiro atoms. The minimum Gasteiger partial charge on any atom is -0.375 e. The van der Waals surface area contributed by atoms with Crippen LogP contribution in [0.15, 0.2) is 18.6 Å². The van der Waals surface area contributed by atoms with E-state index in [9.17, 15) is 0 Å². The van der Waals surface area contributed by atoms with E-state index in [0.29, 0.717) is 0 Å². The minimum atomic E-state index is 0.736. The summed E-state index contributed by atoms with van der Waals surface area (Å²) in [7, 11) is 1.94.